The molecule has 3 N–H and O–H groups in total. The second kappa shape index (κ2) is 6.76. The summed E-state index contributed by atoms with van der Waals surface area (Å²) >= 11 is 0. The predicted molar refractivity (Wildman–Crippen MR) is 80.0 cm³/mol. The standard InChI is InChI=1S/C15H29N3O2/c1-12(14(16)17-19)10-18(2)11-13-6-9-15(20-13)7-4-3-5-8-15/h12-13,19H,3-11H2,1-2H3,(H2,16,17). The van der Waals surface area contributed by atoms with Crippen LogP contribution in [0.25, 0.3) is 0 Å². The zero-order valence-corrected chi connectivity index (χ0v) is 12.8. The summed E-state index contributed by atoms with van der Waals surface area (Å²) in [6, 6.07) is 0. The van der Waals surface area contributed by atoms with Crippen molar-refractivity contribution < 1.29 is 9.94 Å². The Bertz CT molecular complexity index is 340. The van der Waals surface area contributed by atoms with Crippen molar-refractivity contribution in [2.75, 3.05) is 20.1 Å². The molecule has 0 aromatic heterocycles. The molecule has 1 aliphatic heterocycles. The fraction of sp³-hybridized carbons (Fsp3) is 0.933. The Morgan fingerprint density at radius 1 is 1.40 bits per heavy atom. The van der Waals surface area contributed by atoms with Crippen molar-refractivity contribution in [3.05, 3.63) is 0 Å². The summed E-state index contributed by atoms with van der Waals surface area (Å²) in [5, 5.41) is 11.8. The van der Waals surface area contributed by atoms with Gasteiger partial charge in [0.05, 0.1) is 11.7 Å². The molecule has 2 atom stereocenters. The van der Waals surface area contributed by atoms with Crippen LogP contribution in [-0.4, -0.2) is 47.8 Å². The van der Waals surface area contributed by atoms with Gasteiger partial charge >= 0.3 is 0 Å². The lowest BCUT2D eigenvalue weighted by Gasteiger charge is -2.34. The third-order valence-electron chi connectivity index (χ3n) is 4.82. The van der Waals surface area contributed by atoms with Crippen LogP contribution in [-0.2, 0) is 4.74 Å². The summed E-state index contributed by atoms with van der Waals surface area (Å²) in [6.45, 7) is 3.71. The van der Waals surface area contributed by atoms with Crippen LogP contribution in [0.4, 0.5) is 0 Å². The molecule has 1 saturated heterocycles. The van der Waals surface area contributed by atoms with Gasteiger partial charge in [-0.3, -0.25) is 0 Å². The first kappa shape index (κ1) is 15.6. The highest BCUT2D eigenvalue weighted by molar-refractivity contribution is 5.82. The van der Waals surface area contributed by atoms with Gasteiger partial charge in [0.1, 0.15) is 5.84 Å². The molecule has 2 aliphatic rings. The lowest BCUT2D eigenvalue weighted by atomic mass is 9.83. The Balaban J connectivity index is 1.77. The molecule has 2 rings (SSSR count). The predicted octanol–water partition coefficient (Wildman–Crippen LogP) is 2.18. The van der Waals surface area contributed by atoms with E-state index in [1.807, 2.05) is 6.92 Å². The largest absolute Gasteiger partial charge is 0.409 e. The highest BCUT2D eigenvalue weighted by Crippen LogP contribution is 2.41. The zero-order chi connectivity index (χ0) is 14.6. The van der Waals surface area contributed by atoms with Crippen LogP contribution in [0.5, 0.6) is 0 Å². The lowest BCUT2D eigenvalue weighted by molar-refractivity contribution is -0.0704. The molecule has 1 aliphatic carbocycles. The molecule has 0 aromatic carbocycles. The summed E-state index contributed by atoms with van der Waals surface area (Å²) in [5.41, 5.74) is 5.82. The van der Waals surface area contributed by atoms with Gasteiger partial charge < -0.3 is 20.6 Å². The van der Waals surface area contributed by atoms with Crippen LogP contribution in [0.3, 0.4) is 0 Å². The zero-order valence-electron chi connectivity index (χ0n) is 12.8. The summed E-state index contributed by atoms with van der Waals surface area (Å²) < 4.78 is 6.38. The molecule has 1 heterocycles. The van der Waals surface area contributed by atoms with Crippen molar-refractivity contribution in [1.29, 1.82) is 0 Å². The first-order valence-electron chi connectivity index (χ1n) is 7.88. The maximum atomic E-state index is 8.69. The SMILES string of the molecule is CC(CN(C)CC1CCC2(CCCCC2)O1)C(N)=NO. The van der Waals surface area contributed by atoms with Crippen molar-refractivity contribution in [3.63, 3.8) is 0 Å². The molecule has 0 bridgehead atoms. The fourth-order valence-electron chi connectivity index (χ4n) is 3.67. The number of oxime groups is 1. The molecular weight excluding hydrogens is 254 g/mol. The minimum absolute atomic E-state index is 0.0649. The summed E-state index contributed by atoms with van der Waals surface area (Å²) in [7, 11) is 2.08. The number of hydrogen-bond donors (Lipinski definition) is 2. The van der Waals surface area contributed by atoms with Gasteiger partial charge in [-0.2, -0.15) is 0 Å². The molecule has 0 radical (unpaired) electrons. The average Bonchev–Trinajstić information content (AvgIpc) is 2.80. The van der Waals surface area contributed by atoms with Crippen LogP contribution in [0.2, 0.25) is 0 Å². The third kappa shape index (κ3) is 3.85. The number of hydrogen-bond acceptors (Lipinski definition) is 4. The Hall–Kier alpha value is -0.810. The molecule has 20 heavy (non-hydrogen) atoms. The third-order valence-corrected chi connectivity index (χ3v) is 4.82. The number of nitrogens with zero attached hydrogens (tertiary/aromatic N) is 2. The van der Waals surface area contributed by atoms with Gasteiger partial charge in [-0.15, -0.1) is 0 Å². The number of amidine groups is 1. The lowest BCUT2D eigenvalue weighted by Crippen LogP contribution is -2.38. The first-order chi connectivity index (χ1) is 9.54. The summed E-state index contributed by atoms with van der Waals surface area (Å²) in [4.78, 5) is 2.23. The van der Waals surface area contributed by atoms with Crippen molar-refractivity contribution in [2.24, 2.45) is 16.8 Å². The van der Waals surface area contributed by atoms with E-state index < -0.39 is 0 Å². The maximum absolute atomic E-state index is 8.69. The van der Waals surface area contributed by atoms with E-state index in [-0.39, 0.29) is 11.5 Å². The van der Waals surface area contributed by atoms with E-state index in [4.69, 9.17) is 15.7 Å². The van der Waals surface area contributed by atoms with Crippen LogP contribution in [0.15, 0.2) is 5.16 Å². The molecule has 0 aromatic rings. The summed E-state index contributed by atoms with van der Waals surface area (Å²) in [6.07, 6.45) is 9.24. The van der Waals surface area contributed by atoms with Crippen LogP contribution in [0, 0.1) is 5.92 Å². The Morgan fingerprint density at radius 2 is 2.10 bits per heavy atom. The number of rotatable bonds is 5. The number of likely N-dealkylation sites (N-methyl/N-ethyl adjacent to an activating group) is 1. The van der Waals surface area contributed by atoms with E-state index in [0.717, 1.165) is 13.1 Å². The molecule has 2 unspecified atom stereocenters. The summed E-state index contributed by atoms with van der Waals surface area (Å²) in [5.74, 6) is 0.364. The van der Waals surface area contributed by atoms with Gasteiger partial charge in [0.2, 0.25) is 0 Å². The highest BCUT2D eigenvalue weighted by atomic mass is 16.5. The first-order valence-corrected chi connectivity index (χ1v) is 7.88. The van der Waals surface area contributed by atoms with Crippen molar-refractivity contribution in [2.45, 2.75) is 63.6 Å². The smallest absolute Gasteiger partial charge is 0.143 e. The minimum atomic E-state index is 0.0649. The second-order valence-electron chi connectivity index (χ2n) is 6.67. The fourth-order valence-corrected chi connectivity index (χ4v) is 3.67. The average molecular weight is 283 g/mol. The van der Waals surface area contributed by atoms with Gasteiger partial charge in [-0.1, -0.05) is 31.3 Å². The van der Waals surface area contributed by atoms with Crippen molar-refractivity contribution in [3.8, 4) is 0 Å². The molecule has 116 valence electrons. The van der Waals surface area contributed by atoms with Crippen LogP contribution >= 0.6 is 0 Å². The van der Waals surface area contributed by atoms with E-state index in [0.29, 0.717) is 11.9 Å². The normalized spacial score (nSPS) is 28.1. The van der Waals surface area contributed by atoms with Crippen LogP contribution < -0.4 is 5.73 Å². The molecule has 1 saturated carbocycles. The van der Waals surface area contributed by atoms with E-state index in [9.17, 15) is 0 Å². The Kier molecular flexibility index (Phi) is 5.27. The minimum Gasteiger partial charge on any atom is -0.409 e. The van der Waals surface area contributed by atoms with E-state index >= 15 is 0 Å². The number of ether oxygens (including phenoxy) is 1. The van der Waals surface area contributed by atoms with Gasteiger partial charge in [0.15, 0.2) is 0 Å². The number of nitrogens with two attached hydrogens (primary N) is 1. The van der Waals surface area contributed by atoms with Crippen molar-refractivity contribution in [1.82, 2.24) is 4.90 Å². The Labute approximate surface area is 122 Å². The second-order valence-corrected chi connectivity index (χ2v) is 6.67. The van der Waals surface area contributed by atoms with Gasteiger partial charge in [-0.05, 0) is 32.7 Å². The van der Waals surface area contributed by atoms with Gasteiger partial charge in [0, 0.05) is 19.0 Å². The quantitative estimate of drug-likeness (QED) is 0.351. The molecule has 1 spiro atoms. The molecular formula is C15H29N3O2. The maximum Gasteiger partial charge on any atom is 0.143 e. The highest BCUT2D eigenvalue weighted by Gasteiger charge is 2.40. The Morgan fingerprint density at radius 3 is 2.75 bits per heavy atom. The van der Waals surface area contributed by atoms with Gasteiger partial charge in [-0.25, -0.2) is 0 Å². The van der Waals surface area contributed by atoms with E-state index in [2.05, 4.69) is 17.1 Å². The molecule has 2 fully saturated rings. The van der Waals surface area contributed by atoms with E-state index in [1.165, 1.54) is 44.9 Å². The monoisotopic (exact) mass is 283 g/mol. The van der Waals surface area contributed by atoms with E-state index in [1.54, 1.807) is 0 Å². The topological polar surface area (TPSA) is 71.1 Å². The molecule has 5 nitrogen and oxygen atoms in total. The molecule has 0 amide bonds. The van der Waals surface area contributed by atoms with Crippen molar-refractivity contribution >= 4 is 5.84 Å². The molecule has 5 heteroatoms. The van der Waals surface area contributed by atoms with Gasteiger partial charge in [0.25, 0.3) is 0 Å². The van der Waals surface area contributed by atoms with Crippen LogP contribution in [0.1, 0.15) is 51.9 Å².